The van der Waals surface area contributed by atoms with Gasteiger partial charge in [0.05, 0.1) is 6.10 Å². The van der Waals surface area contributed by atoms with Gasteiger partial charge in [0.25, 0.3) is 0 Å². The van der Waals surface area contributed by atoms with E-state index < -0.39 is 0 Å². The van der Waals surface area contributed by atoms with E-state index in [4.69, 9.17) is 0 Å². The largest absolute Gasteiger partial charge is 0.388 e. The molecule has 0 radical (unpaired) electrons. The molecule has 0 aromatic heterocycles. The zero-order valence-electron chi connectivity index (χ0n) is 9.14. The number of hydrogen-bond acceptors (Lipinski definition) is 2. The van der Waals surface area contributed by atoms with Crippen LogP contribution in [0, 0.1) is 5.92 Å². The molecule has 0 fully saturated rings. The van der Waals surface area contributed by atoms with Crippen LogP contribution >= 0.6 is 0 Å². The molecule has 0 spiro atoms. The van der Waals surface area contributed by atoms with Crippen molar-refractivity contribution < 1.29 is 5.11 Å². The van der Waals surface area contributed by atoms with Gasteiger partial charge in [-0.05, 0) is 25.6 Å². The highest BCUT2D eigenvalue weighted by molar-refractivity contribution is 5.17. The maximum atomic E-state index is 10.0. The molecule has 78 valence electrons. The molecule has 14 heavy (non-hydrogen) atoms. The highest BCUT2D eigenvalue weighted by Crippen LogP contribution is 2.21. The molecule has 2 heteroatoms. The molecule has 0 saturated carbocycles. The number of aliphatic hydroxyl groups excluding tert-OH is 1. The van der Waals surface area contributed by atoms with Crippen LogP contribution in [0.25, 0.3) is 0 Å². The zero-order chi connectivity index (χ0) is 10.6. The van der Waals surface area contributed by atoms with Crippen LogP contribution in [0.1, 0.15) is 18.6 Å². The molecule has 2 atom stereocenters. The molecule has 0 amide bonds. The molecule has 1 N–H and O–H groups in total. The van der Waals surface area contributed by atoms with Gasteiger partial charge in [0, 0.05) is 6.54 Å². The Kier molecular flexibility index (Phi) is 4.11. The lowest BCUT2D eigenvalue weighted by Crippen LogP contribution is -2.24. The number of hydrogen-bond donors (Lipinski definition) is 1. The van der Waals surface area contributed by atoms with Crippen molar-refractivity contribution in [1.29, 1.82) is 0 Å². The van der Waals surface area contributed by atoms with Crippen LogP contribution in [-0.2, 0) is 0 Å². The summed E-state index contributed by atoms with van der Waals surface area (Å²) in [7, 11) is 4.04. The maximum absolute atomic E-state index is 10.0. The van der Waals surface area contributed by atoms with E-state index in [0.717, 1.165) is 12.1 Å². The number of aliphatic hydroxyl groups is 1. The first-order chi connectivity index (χ1) is 6.61. The average Bonchev–Trinajstić information content (AvgIpc) is 2.17. The van der Waals surface area contributed by atoms with Gasteiger partial charge in [-0.1, -0.05) is 37.3 Å². The Balaban J connectivity index is 2.61. The van der Waals surface area contributed by atoms with Crippen LogP contribution in [0.15, 0.2) is 30.3 Å². The molecular weight excluding hydrogens is 174 g/mol. The van der Waals surface area contributed by atoms with Crippen LogP contribution in [0.4, 0.5) is 0 Å². The summed E-state index contributed by atoms with van der Waals surface area (Å²) in [6.45, 7) is 2.97. The van der Waals surface area contributed by atoms with Gasteiger partial charge >= 0.3 is 0 Å². The third-order valence-electron chi connectivity index (χ3n) is 2.33. The first-order valence-electron chi connectivity index (χ1n) is 4.99. The predicted octanol–water partition coefficient (Wildman–Crippen LogP) is 1.92. The topological polar surface area (TPSA) is 23.5 Å². The van der Waals surface area contributed by atoms with Crippen molar-refractivity contribution in [3.8, 4) is 0 Å². The lowest BCUT2D eigenvalue weighted by molar-refractivity contribution is 0.100. The molecule has 2 nitrogen and oxygen atoms in total. The minimum atomic E-state index is -0.362. The SMILES string of the molecule is CC(CN(C)C)C(O)c1ccccc1. The molecule has 0 aliphatic carbocycles. The van der Waals surface area contributed by atoms with Gasteiger partial charge in [0.1, 0.15) is 0 Å². The molecule has 1 rings (SSSR count). The summed E-state index contributed by atoms with van der Waals surface area (Å²) in [5, 5.41) is 10.0. The second kappa shape index (κ2) is 5.13. The van der Waals surface area contributed by atoms with Crippen molar-refractivity contribution in [3.63, 3.8) is 0 Å². The molecule has 0 aliphatic heterocycles. The Morgan fingerprint density at radius 3 is 2.29 bits per heavy atom. The quantitative estimate of drug-likeness (QED) is 0.789. The van der Waals surface area contributed by atoms with Crippen molar-refractivity contribution >= 4 is 0 Å². The van der Waals surface area contributed by atoms with Crippen LogP contribution < -0.4 is 0 Å². The van der Waals surface area contributed by atoms with Gasteiger partial charge < -0.3 is 10.0 Å². The molecule has 0 heterocycles. The fourth-order valence-corrected chi connectivity index (χ4v) is 1.65. The standard InChI is InChI=1S/C12H19NO/c1-10(9-13(2)3)12(14)11-7-5-4-6-8-11/h4-8,10,12,14H,9H2,1-3H3. The van der Waals surface area contributed by atoms with Gasteiger partial charge in [-0.3, -0.25) is 0 Å². The third kappa shape index (κ3) is 3.13. The van der Waals surface area contributed by atoms with Crippen molar-refractivity contribution in [3.05, 3.63) is 35.9 Å². The van der Waals surface area contributed by atoms with Gasteiger partial charge in [0.2, 0.25) is 0 Å². The number of benzene rings is 1. The Labute approximate surface area is 86.2 Å². The highest BCUT2D eigenvalue weighted by atomic mass is 16.3. The van der Waals surface area contributed by atoms with Crippen LogP contribution in [0.3, 0.4) is 0 Å². The fraction of sp³-hybridized carbons (Fsp3) is 0.500. The van der Waals surface area contributed by atoms with Gasteiger partial charge in [-0.25, -0.2) is 0 Å². The van der Waals surface area contributed by atoms with E-state index in [2.05, 4.69) is 11.8 Å². The predicted molar refractivity (Wildman–Crippen MR) is 59.1 cm³/mol. The maximum Gasteiger partial charge on any atom is 0.0827 e. The minimum Gasteiger partial charge on any atom is -0.388 e. The number of nitrogens with zero attached hydrogens (tertiary/aromatic N) is 1. The van der Waals surface area contributed by atoms with E-state index in [1.54, 1.807) is 0 Å². The zero-order valence-corrected chi connectivity index (χ0v) is 9.14. The minimum absolute atomic E-state index is 0.257. The third-order valence-corrected chi connectivity index (χ3v) is 2.33. The van der Waals surface area contributed by atoms with Crippen LogP contribution in [-0.4, -0.2) is 30.6 Å². The fourth-order valence-electron chi connectivity index (χ4n) is 1.65. The lowest BCUT2D eigenvalue weighted by atomic mass is 9.97. The van der Waals surface area contributed by atoms with Crippen molar-refractivity contribution in [2.45, 2.75) is 13.0 Å². The molecule has 2 unspecified atom stereocenters. The lowest BCUT2D eigenvalue weighted by Gasteiger charge is -2.22. The molecule has 1 aromatic carbocycles. The highest BCUT2D eigenvalue weighted by Gasteiger charge is 2.16. The van der Waals surface area contributed by atoms with Gasteiger partial charge in [-0.15, -0.1) is 0 Å². The smallest absolute Gasteiger partial charge is 0.0827 e. The van der Waals surface area contributed by atoms with Crippen LogP contribution in [0.2, 0.25) is 0 Å². The number of rotatable bonds is 4. The van der Waals surface area contributed by atoms with Crippen molar-refractivity contribution in [1.82, 2.24) is 4.90 Å². The summed E-state index contributed by atoms with van der Waals surface area (Å²) in [6.07, 6.45) is -0.362. The summed E-state index contributed by atoms with van der Waals surface area (Å²) in [5.74, 6) is 0.257. The summed E-state index contributed by atoms with van der Waals surface area (Å²) in [6, 6.07) is 9.82. The Bertz CT molecular complexity index is 258. The van der Waals surface area contributed by atoms with Gasteiger partial charge in [0.15, 0.2) is 0 Å². The van der Waals surface area contributed by atoms with E-state index in [0.29, 0.717) is 0 Å². The first-order valence-corrected chi connectivity index (χ1v) is 4.99. The van der Waals surface area contributed by atoms with Gasteiger partial charge in [-0.2, -0.15) is 0 Å². The second-order valence-electron chi connectivity index (χ2n) is 4.10. The summed E-state index contributed by atoms with van der Waals surface area (Å²) >= 11 is 0. The Hall–Kier alpha value is -0.860. The normalized spacial score (nSPS) is 15.5. The molecule has 0 bridgehead atoms. The van der Waals surface area contributed by atoms with E-state index in [-0.39, 0.29) is 12.0 Å². The van der Waals surface area contributed by atoms with E-state index in [9.17, 15) is 5.11 Å². The molecule has 0 saturated heterocycles. The Morgan fingerprint density at radius 2 is 1.79 bits per heavy atom. The monoisotopic (exact) mass is 193 g/mol. The van der Waals surface area contributed by atoms with E-state index >= 15 is 0 Å². The van der Waals surface area contributed by atoms with Crippen molar-refractivity contribution in [2.75, 3.05) is 20.6 Å². The van der Waals surface area contributed by atoms with Crippen LogP contribution in [0.5, 0.6) is 0 Å². The molecule has 1 aromatic rings. The second-order valence-corrected chi connectivity index (χ2v) is 4.10. The van der Waals surface area contributed by atoms with E-state index in [1.807, 2.05) is 44.4 Å². The summed E-state index contributed by atoms with van der Waals surface area (Å²) in [4.78, 5) is 2.09. The Morgan fingerprint density at radius 1 is 1.21 bits per heavy atom. The first kappa shape index (κ1) is 11.2. The molecular formula is C12H19NO. The average molecular weight is 193 g/mol. The van der Waals surface area contributed by atoms with Crippen molar-refractivity contribution in [2.24, 2.45) is 5.92 Å². The summed E-state index contributed by atoms with van der Waals surface area (Å²) < 4.78 is 0. The van der Waals surface area contributed by atoms with E-state index in [1.165, 1.54) is 0 Å². The summed E-state index contributed by atoms with van der Waals surface area (Å²) in [5.41, 5.74) is 1.00. The molecule has 0 aliphatic rings.